The fraction of sp³-hybridized carbons (Fsp3) is 0.444. The van der Waals surface area contributed by atoms with Gasteiger partial charge >= 0.3 is 0 Å². The number of likely N-dealkylation sites (tertiary alicyclic amines) is 1. The summed E-state index contributed by atoms with van der Waals surface area (Å²) in [6.45, 7) is 2.23. The molecule has 8 heteroatoms. The van der Waals surface area contributed by atoms with E-state index in [2.05, 4.69) is 10.3 Å². The fourth-order valence-electron chi connectivity index (χ4n) is 3.48. The van der Waals surface area contributed by atoms with Gasteiger partial charge in [-0.1, -0.05) is 0 Å². The molecule has 0 unspecified atom stereocenters. The Morgan fingerprint density at radius 2 is 2.08 bits per heavy atom. The zero-order chi connectivity index (χ0) is 18.7. The van der Waals surface area contributed by atoms with Gasteiger partial charge in [-0.2, -0.15) is 0 Å². The van der Waals surface area contributed by atoms with E-state index in [1.54, 1.807) is 4.90 Å². The van der Waals surface area contributed by atoms with Gasteiger partial charge in [0.1, 0.15) is 0 Å². The second kappa shape index (κ2) is 7.65. The van der Waals surface area contributed by atoms with E-state index in [4.69, 9.17) is 0 Å². The second-order valence-corrected chi connectivity index (χ2v) is 6.66. The van der Waals surface area contributed by atoms with Crippen LogP contribution in [0.1, 0.15) is 29.6 Å². The molecular formula is C18H22N4O4. The number of hydrogen-bond acceptors (Lipinski definition) is 5. The van der Waals surface area contributed by atoms with E-state index < -0.39 is 10.5 Å². The summed E-state index contributed by atoms with van der Waals surface area (Å²) in [6.07, 6.45) is 2.93. The molecule has 1 aliphatic heterocycles. The molecule has 1 fully saturated rings. The summed E-state index contributed by atoms with van der Waals surface area (Å²) >= 11 is 0. The molecule has 1 aliphatic rings. The molecule has 1 aromatic carbocycles. The number of hydrogen-bond donors (Lipinski definition) is 2. The molecule has 0 radical (unpaired) electrons. The number of pyridine rings is 1. The maximum absolute atomic E-state index is 13.0. The maximum atomic E-state index is 13.0. The van der Waals surface area contributed by atoms with Crippen LogP contribution in [0, 0.1) is 16.0 Å². The smallest absolute Gasteiger partial charge is 0.270 e. The Balaban J connectivity index is 1.87. The lowest BCUT2D eigenvalue weighted by Gasteiger charge is -2.32. The number of nitro benzene ring substituents is 1. The first-order chi connectivity index (χ1) is 12.5. The topological polar surface area (TPSA) is 108 Å². The van der Waals surface area contributed by atoms with Crippen molar-refractivity contribution in [2.24, 2.45) is 5.92 Å². The third-order valence-corrected chi connectivity index (χ3v) is 4.97. The van der Waals surface area contributed by atoms with E-state index in [9.17, 15) is 19.7 Å². The largest absolute Gasteiger partial charge is 0.339 e. The first-order valence-electron chi connectivity index (χ1n) is 8.75. The van der Waals surface area contributed by atoms with Gasteiger partial charge in [-0.25, -0.2) is 0 Å². The lowest BCUT2D eigenvalue weighted by Crippen LogP contribution is -2.39. The number of non-ortho nitro benzene ring substituents is 1. The SMILES string of the molecule is CNCCC1CCN(C(=O)c2cc(=O)[nH]c3ccc([N+](=O)[O-])cc23)CC1. The molecule has 2 N–H and O–H groups in total. The van der Waals surface area contributed by atoms with Crippen molar-refractivity contribution in [2.45, 2.75) is 19.3 Å². The summed E-state index contributed by atoms with van der Waals surface area (Å²) < 4.78 is 0. The molecule has 0 atom stereocenters. The number of carbonyl (C=O) groups is 1. The van der Waals surface area contributed by atoms with Crippen LogP contribution in [0.3, 0.4) is 0 Å². The number of aromatic amines is 1. The minimum Gasteiger partial charge on any atom is -0.339 e. The molecular weight excluding hydrogens is 336 g/mol. The standard InChI is InChI=1S/C18H22N4O4/c1-19-7-4-12-5-8-21(9-6-12)18(24)15-11-17(23)20-16-3-2-13(22(25)26)10-14(15)16/h2-3,10-12,19H,4-9H2,1H3,(H,20,23). The minimum absolute atomic E-state index is 0.107. The summed E-state index contributed by atoms with van der Waals surface area (Å²) in [5.41, 5.74) is 0.152. The Kier molecular flexibility index (Phi) is 5.32. The van der Waals surface area contributed by atoms with Gasteiger partial charge in [0.05, 0.1) is 10.5 Å². The molecule has 3 rings (SSSR count). The Bertz CT molecular complexity index is 884. The van der Waals surface area contributed by atoms with Gasteiger partial charge < -0.3 is 15.2 Å². The highest BCUT2D eigenvalue weighted by atomic mass is 16.6. The summed E-state index contributed by atoms with van der Waals surface area (Å²) in [4.78, 5) is 39.8. The molecule has 0 aliphatic carbocycles. The van der Waals surface area contributed by atoms with Crippen molar-refractivity contribution >= 4 is 22.5 Å². The number of benzene rings is 1. The van der Waals surface area contributed by atoms with Crippen molar-refractivity contribution in [1.82, 2.24) is 15.2 Å². The van der Waals surface area contributed by atoms with Crippen molar-refractivity contribution in [3.63, 3.8) is 0 Å². The van der Waals surface area contributed by atoms with E-state index in [1.807, 2.05) is 7.05 Å². The highest BCUT2D eigenvalue weighted by Gasteiger charge is 2.25. The number of nitrogens with one attached hydrogen (secondary N) is 2. The van der Waals surface area contributed by atoms with Crippen LogP contribution < -0.4 is 10.9 Å². The average molecular weight is 358 g/mol. The predicted octanol–water partition coefficient (Wildman–Crippen LogP) is 1.90. The Morgan fingerprint density at radius 3 is 2.73 bits per heavy atom. The van der Waals surface area contributed by atoms with Crippen LogP contribution >= 0.6 is 0 Å². The molecule has 138 valence electrons. The lowest BCUT2D eigenvalue weighted by molar-refractivity contribution is -0.384. The number of aromatic nitrogens is 1. The Morgan fingerprint density at radius 1 is 1.35 bits per heavy atom. The van der Waals surface area contributed by atoms with Gasteiger partial charge in [0, 0.05) is 42.2 Å². The predicted molar refractivity (Wildman–Crippen MR) is 98.4 cm³/mol. The number of nitrogens with zero attached hydrogens (tertiary/aromatic N) is 2. The van der Waals surface area contributed by atoms with Crippen molar-refractivity contribution in [3.05, 3.63) is 50.3 Å². The third-order valence-electron chi connectivity index (χ3n) is 4.97. The van der Waals surface area contributed by atoms with Gasteiger partial charge in [0.15, 0.2) is 0 Å². The van der Waals surface area contributed by atoms with Crippen molar-refractivity contribution in [3.8, 4) is 0 Å². The molecule has 0 spiro atoms. The first kappa shape index (κ1) is 18.1. The van der Waals surface area contributed by atoms with Crippen LogP contribution in [0.2, 0.25) is 0 Å². The highest BCUT2D eigenvalue weighted by Crippen LogP contribution is 2.25. The number of H-pyrrole nitrogens is 1. The van der Waals surface area contributed by atoms with E-state index in [0.717, 1.165) is 25.8 Å². The van der Waals surface area contributed by atoms with Crippen LogP contribution in [-0.4, -0.2) is 47.4 Å². The Labute approximate surface area is 150 Å². The summed E-state index contributed by atoms with van der Waals surface area (Å²) in [6, 6.07) is 5.37. The molecule has 0 bridgehead atoms. The van der Waals surface area contributed by atoms with Gasteiger partial charge in [0.25, 0.3) is 11.6 Å². The minimum atomic E-state index is -0.508. The van der Waals surface area contributed by atoms with Crippen LogP contribution in [-0.2, 0) is 0 Å². The van der Waals surface area contributed by atoms with Crippen LogP contribution in [0.4, 0.5) is 5.69 Å². The summed E-state index contributed by atoms with van der Waals surface area (Å²) in [5, 5.41) is 14.6. The monoisotopic (exact) mass is 358 g/mol. The molecule has 0 saturated carbocycles. The highest BCUT2D eigenvalue weighted by molar-refractivity contribution is 6.06. The molecule has 1 amide bonds. The number of rotatable bonds is 5. The molecule has 26 heavy (non-hydrogen) atoms. The number of carbonyl (C=O) groups excluding carboxylic acids is 1. The first-order valence-corrected chi connectivity index (χ1v) is 8.75. The van der Waals surface area contributed by atoms with Gasteiger partial charge in [-0.3, -0.25) is 19.7 Å². The summed E-state index contributed by atoms with van der Waals surface area (Å²) in [7, 11) is 1.93. The number of nitro groups is 1. The number of fused-ring (bicyclic) bond motifs is 1. The molecule has 8 nitrogen and oxygen atoms in total. The molecule has 1 aromatic heterocycles. The normalized spacial score (nSPS) is 15.3. The van der Waals surface area contributed by atoms with Gasteiger partial charge in [-0.05, 0) is 44.8 Å². The molecule has 2 aromatic rings. The van der Waals surface area contributed by atoms with E-state index in [0.29, 0.717) is 29.9 Å². The summed E-state index contributed by atoms with van der Waals surface area (Å²) in [5.74, 6) is 0.345. The van der Waals surface area contributed by atoms with E-state index >= 15 is 0 Å². The van der Waals surface area contributed by atoms with E-state index in [-0.39, 0.29) is 17.2 Å². The zero-order valence-electron chi connectivity index (χ0n) is 14.7. The lowest BCUT2D eigenvalue weighted by atomic mass is 9.93. The van der Waals surface area contributed by atoms with Gasteiger partial charge in [-0.15, -0.1) is 0 Å². The second-order valence-electron chi connectivity index (χ2n) is 6.66. The number of amides is 1. The van der Waals surface area contributed by atoms with Crippen molar-refractivity contribution in [1.29, 1.82) is 0 Å². The van der Waals surface area contributed by atoms with Crippen molar-refractivity contribution in [2.75, 3.05) is 26.7 Å². The fourth-order valence-corrected chi connectivity index (χ4v) is 3.48. The molecule has 1 saturated heterocycles. The molecule has 2 heterocycles. The van der Waals surface area contributed by atoms with Crippen molar-refractivity contribution < 1.29 is 9.72 Å². The third kappa shape index (κ3) is 3.75. The number of piperidine rings is 1. The Hall–Kier alpha value is -2.74. The quantitative estimate of drug-likeness (QED) is 0.627. The van der Waals surface area contributed by atoms with Crippen LogP contribution in [0.15, 0.2) is 29.1 Å². The van der Waals surface area contributed by atoms with Crippen LogP contribution in [0.25, 0.3) is 10.9 Å². The zero-order valence-corrected chi connectivity index (χ0v) is 14.7. The van der Waals surface area contributed by atoms with E-state index in [1.165, 1.54) is 24.3 Å². The maximum Gasteiger partial charge on any atom is 0.270 e. The average Bonchev–Trinajstić information content (AvgIpc) is 2.65. The van der Waals surface area contributed by atoms with Crippen LogP contribution in [0.5, 0.6) is 0 Å². The van der Waals surface area contributed by atoms with Gasteiger partial charge in [0.2, 0.25) is 5.56 Å².